The van der Waals surface area contributed by atoms with Crippen molar-refractivity contribution in [1.82, 2.24) is 5.32 Å². The van der Waals surface area contributed by atoms with Crippen LogP contribution in [0.2, 0.25) is 0 Å². The van der Waals surface area contributed by atoms with Crippen molar-refractivity contribution in [2.75, 3.05) is 13.2 Å². The van der Waals surface area contributed by atoms with Crippen LogP contribution in [0.1, 0.15) is 71.6 Å². The predicted molar refractivity (Wildman–Crippen MR) is 80.4 cm³/mol. The zero-order valence-electron chi connectivity index (χ0n) is 12.9. The highest BCUT2D eigenvalue weighted by molar-refractivity contribution is 4.69. The molecule has 1 aliphatic rings. The molecule has 0 aromatic heterocycles. The Labute approximate surface area is 119 Å². The number of nitrogens with one attached hydrogen (secondary N) is 1. The third kappa shape index (κ3) is 8.61. The maximum absolute atomic E-state index is 9.88. The Kier molecular flexibility index (Phi) is 9.48. The Morgan fingerprint density at radius 1 is 1.21 bits per heavy atom. The SMILES string of the molecule is CCCCCCC(C)NCC(O)COC1CCCC1. The first-order chi connectivity index (χ1) is 9.22. The topological polar surface area (TPSA) is 41.5 Å². The van der Waals surface area contributed by atoms with Gasteiger partial charge in [0.25, 0.3) is 0 Å². The summed E-state index contributed by atoms with van der Waals surface area (Å²) < 4.78 is 5.72. The lowest BCUT2D eigenvalue weighted by Crippen LogP contribution is -2.36. The lowest BCUT2D eigenvalue weighted by Gasteiger charge is -2.19. The molecule has 0 amide bonds. The van der Waals surface area contributed by atoms with E-state index >= 15 is 0 Å². The van der Waals surface area contributed by atoms with Crippen molar-refractivity contribution in [3.63, 3.8) is 0 Å². The molecule has 1 fully saturated rings. The third-order valence-corrected chi connectivity index (χ3v) is 4.02. The Balaban J connectivity index is 1.94. The molecule has 2 N–H and O–H groups in total. The molecule has 3 heteroatoms. The number of aliphatic hydroxyl groups is 1. The lowest BCUT2D eigenvalue weighted by molar-refractivity contribution is -0.00616. The molecule has 2 atom stereocenters. The van der Waals surface area contributed by atoms with Gasteiger partial charge in [-0.1, -0.05) is 45.4 Å². The predicted octanol–water partition coefficient (Wildman–Crippen LogP) is 3.26. The monoisotopic (exact) mass is 271 g/mol. The van der Waals surface area contributed by atoms with Gasteiger partial charge in [-0.25, -0.2) is 0 Å². The summed E-state index contributed by atoms with van der Waals surface area (Å²) in [5.74, 6) is 0. The van der Waals surface area contributed by atoms with Crippen molar-refractivity contribution >= 4 is 0 Å². The van der Waals surface area contributed by atoms with Crippen molar-refractivity contribution in [1.29, 1.82) is 0 Å². The average molecular weight is 271 g/mol. The first-order valence-corrected chi connectivity index (χ1v) is 8.25. The molecule has 0 saturated heterocycles. The molecule has 1 rings (SSSR count). The summed E-state index contributed by atoms with van der Waals surface area (Å²) in [4.78, 5) is 0. The number of hydrogen-bond donors (Lipinski definition) is 2. The molecule has 0 aliphatic heterocycles. The molecule has 0 aromatic carbocycles. The average Bonchev–Trinajstić information content (AvgIpc) is 2.92. The van der Waals surface area contributed by atoms with Gasteiger partial charge in [0.2, 0.25) is 0 Å². The zero-order valence-corrected chi connectivity index (χ0v) is 12.9. The zero-order chi connectivity index (χ0) is 13.9. The summed E-state index contributed by atoms with van der Waals surface area (Å²) in [6.07, 6.45) is 11.4. The van der Waals surface area contributed by atoms with Gasteiger partial charge in [-0.3, -0.25) is 0 Å². The second-order valence-corrected chi connectivity index (χ2v) is 6.05. The molecule has 0 radical (unpaired) electrons. The van der Waals surface area contributed by atoms with Crippen LogP contribution < -0.4 is 5.32 Å². The molecule has 2 unspecified atom stereocenters. The first kappa shape index (κ1) is 16.9. The van der Waals surface area contributed by atoms with E-state index in [0.717, 1.165) is 0 Å². The van der Waals surface area contributed by atoms with Crippen LogP contribution in [0.25, 0.3) is 0 Å². The Bertz CT molecular complexity index is 205. The van der Waals surface area contributed by atoms with Crippen molar-refractivity contribution < 1.29 is 9.84 Å². The van der Waals surface area contributed by atoms with Crippen molar-refractivity contribution in [3.8, 4) is 0 Å². The Morgan fingerprint density at radius 2 is 1.95 bits per heavy atom. The van der Waals surface area contributed by atoms with Crippen LogP contribution >= 0.6 is 0 Å². The summed E-state index contributed by atoms with van der Waals surface area (Å²) in [6.45, 7) is 5.58. The van der Waals surface area contributed by atoms with E-state index in [9.17, 15) is 5.11 Å². The fourth-order valence-corrected chi connectivity index (χ4v) is 2.68. The minimum absolute atomic E-state index is 0.362. The van der Waals surface area contributed by atoms with Crippen LogP contribution in [0, 0.1) is 0 Å². The molecule has 0 bridgehead atoms. The van der Waals surface area contributed by atoms with Crippen LogP contribution in [0.3, 0.4) is 0 Å². The van der Waals surface area contributed by atoms with E-state index in [2.05, 4.69) is 19.2 Å². The standard InChI is InChI=1S/C16H33NO2/c1-3-4-5-6-9-14(2)17-12-15(18)13-19-16-10-7-8-11-16/h14-18H,3-13H2,1-2H3. The van der Waals surface area contributed by atoms with Gasteiger partial charge in [0.05, 0.1) is 18.8 Å². The minimum Gasteiger partial charge on any atom is -0.389 e. The van der Waals surface area contributed by atoms with Crippen molar-refractivity contribution in [2.24, 2.45) is 0 Å². The number of unbranched alkanes of at least 4 members (excludes halogenated alkanes) is 3. The van der Waals surface area contributed by atoms with Crippen LogP contribution in [0.15, 0.2) is 0 Å². The number of ether oxygens (including phenoxy) is 1. The quantitative estimate of drug-likeness (QED) is 0.567. The van der Waals surface area contributed by atoms with Gasteiger partial charge < -0.3 is 15.2 Å². The third-order valence-electron chi connectivity index (χ3n) is 4.02. The van der Waals surface area contributed by atoms with Gasteiger partial charge in [0.15, 0.2) is 0 Å². The second kappa shape index (κ2) is 10.6. The van der Waals surface area contributed by atoms with Gasteiger partial charge >= 0.3 is 0 Å². The first-order valence-electron chi connectivity index (χ1n) is 8.25. The van der Waals surface area contributed by atoms with E-state index in [4.69, 9.17) is 4.74 Å². The maximum atomic E-state index is 9.88. The highest BCUT2D eigenvalue weighted by Crippen LogP contribution is 2.20. The minimum atomic E-state index is -0.362. The molecule has 3 nitrogen and oxygen atoms in total. The maximum Gasteiger partial charge on any atom is 0.0897 e. The smallest absolute Gasteiger partial charge is 0.0897 e. The molecule has 0 aromatic rings. The van der Waals surface area contributed by atoms with Crippen molar-refractivity contribution in [3.05, 3.63) is 0 Å². The lowest BCUT2D eigenvalue weighted by atomic mass is 10.1. The highest BCUT2D eigenvalue weighted by Gasteiger charge is 2.17. The molecule has 0 spiro atoms. The Morgan fingerprint density at radius 3 is 2.63 bits per heavy atom. The number of rotatable bonds is 11. The van der Waals surface area contributed by atoms with E-state index in [0.29, 0.717) is 25.3 Å². The van der Waals surface area contributed by atoms with Crippen LogP contribution in [0.5, 0.6) is 0 Å². The van der Waals surface area contributed by atoms with Gasteiger partial charge in [-0.05, 0) is 26.2 Å². The summed E-state index contributed by atoms with van der Waals surface area (Å²) in [7, 11) is 0. The van der Waals surface area contributed by atoms with Gasteiger partial charge in [0, 0.05) is 12.6 Å². The van der Waals surface area contributed by atoms with E-state index in [1.165, 1.54) is 57.8 Å². The molecular formula is C16H33NO2. The highest BCUT2D eigenvalue weighted by atomic mass is 16.5. The van der Waals surface area contributed by atoms with Gasteiger partial charge in [0.1, 0.15) is 0 Å². The summed E-state index contributed by atoms with van der Waals surface area (Å²) in [5.41, 5.74) is 0. The summed E-state index contributed by atoms with van der Waals surface area (Å²) in [6, 6.07) is 0.498. The second-order valence-electron chi connectivity index (χ2n) is 6.05. The fraction of sp³-hybridized carbons (Fsp3) is 1.00. The molecule has 0 heterocycles. The van der Waals surface area contributed by atoms with Crippen molar-refractivity contribution in [2.45, 2.75) is 89.9 Å². The van der Waals surface area contributed by atoms with E-state index in [1.807, 2.05) is 0 Å². The number of hydrogen-bond acceptors (Lipinski definition) is 3. The number of aliphatic hydroxyl groups excluding tert-OH is 1. The largest absolute Gasteiger partial charge is 0.389 e. The Hall–Kier alpha value is -0.120. The normalized spacial score (nSPS) is 19.7. The fourth-order valence-electron chi connectivity index (χ4n) is 2.68. The molecule has 1 saturated carbocycles. The summed E-state index contributed by atoms with van der Waals surface area (Å²) in [5, 5.41) is 13.3. The molecule has 1 aliphatic carbocycles. The van der Waals surface area contributed by atoms with Crippen LogP contribution in [-0.4, -0.2) is 36.5 Å². The van der Waals surface area contributed by atoms with E-state index in [1.54, 1.807) is 0 Å². The van der Waals surface area contributed by atoms with E-state index < -0.39 is 0 Å². The van der Waals surface area contributed by atoms with Gasteiger partial charge in [-0.15, -0.1) is 0 Å². The molecule has 19 heavy (non-hydrogen) atoms. The summed E-state index contributed by atoms with van der Waals surface area (Å²) >= 11 is 0. The van der Waals surface area contributed by atoms with Gasteiger partial charge in [-0.2, -0.15) is 0 Å². The van der Waals surface area contributed by atoms with E-state index in [-0.39, 0.29) is 6.10 Å². The van der Waals surface area contributed by atoms with Crippen LogP contribution in [0.4, 0.5) is 0 Å². The van der Waals surface area contributed by atoms with Crippen LogP contribution in [-0.2, 0) is 4.74 Å². The molecule has 114 valence electrons. The molecular weight excluding hydrogens is 238 g/mol.